The number of alkyl carbamates (subject to hydrolysis) is 5. The third kappa shape index (κ3) is 23.5. The molecule has 0 bridgehead atoms. The van der Waals surface area contributed by atoms with Gasteiger partial charge in [0.25, 0.3) is 6.23 Å². The molecule has 33 nitrogen and oxygen atoms in total. The molecule has 12 aliphatic rings. The van der Waals surface area contributed by atoms with Gasteiger partial charge in [-0.25, -0.2) is 42.7 Å². The Hall–Kier alpha value is -14.9. The Morgan fingerprint density at radius 3 is 1.24 bits per heavy atom. The van der Waals surface area contributed by atoms with Gasteiger partial charge < -0.3 is 113 Å². The minimum absolute atomic E-state index is 0.0596. The monoisotopic (exact) mass is 2010 g/mol. The number of anilines is 4. The standard InChI is InChI=1S/3C38H44N4O7/c1-39-36(44)46-21-17-25-9-5-7-19-41(25)27-13-15-31-33(23-27)48-34-24-28(42-20-8-6-10-26(42)18-22-47-37(45)40-2)14-16-32(34)38(31)30-12-4-3-11-29(30)35(43)49-38;1-39-37(45)47-21-17-25-9-5-7-19-41(25)27-13-15-31-33(23-27)49-34-24-28(42-20-8-6-10-26(42)18-22-48-38(46)40-2)14-16-32(34)35(31)29-11-3-4-12-30(29)36(43)44;1-39-34(43)18-22-47-35-12-6-8-20-42(35)27-14-16-31-33(24-27)49-32-23-26(41-19-7-5-9-25(41)17-21-48-38(46)40-2)13-15-30(32)36(31)28-10-3-4-11-29(28)37(44)45/h3-4,11-16,23-26H,5-10,17-22H2,1-2H3,(H,39,44)(H,40,45);3-4,11-16,23-26H,5-10,17-22H2,1-2H3,(H2-,39,40,43,44,45,46);3-4,10-11,13-16,23-25,35H,5-9,12,17-22H2,1-2H3,(H2-,39,40,43,44,45,46)/p+1. The number of fused-ring (bicyclic) bond motifs is 10. The van der Waals surface area contributed by atoms with Gasteiger partial charge in [-0.15, -0.1) is 0 Å². The molecule has 7 aromatic rings. The maximum absolute atomic E-state index is 13.5. The lowest BCUT2D eigenvalue weighted by atomic mass is 9.77. The van der Waals surface area contributed by atoms with Crippen LogP contribution < -0.4 is 81.2 Å². The van der Waals surface area contributed by atoms with Gasteiger partial charge in [-0.1, -0.05) is 60.7 Å². The fraction of sp³-hybridized carbons (Fsp3) is 0.430. The molecule has 6 saturated heterocycles. The lowest BCUT2D eigenvalue weighted by Crippen LogP contribution is -2.44. The van der Waals surface area contributed by atoms with Crippen LogP contribution in [0, 0.1) is 0 Å². The predicted octanol–water partition coefficient (Wildman–Crippen LogP) is 16.7. The zero-order valence-corrected chi connectivity index (χ0v) is 84.5. The average molecular weight is 2010 g/mol. The summed E-state index contributed by atoms with van der Waals surface area (Å²) in [5, 5.41) is 41.3. The smallest absolute Gasteiger partial charge is 0.406 e. The number of ether oxygens (including phenoxy) is 8. The second-order valence-electron chi connectivity index (χ2n) is 38.5. The molecule has 1 spiro atoms. The number of benzene rings is 9. The van der Waals surface area contributed by atoms with Crippen LogP contribution in [0.25, 0.3) is 66.8 Å². The van der Waals surface area contributed by atoms with Crippen LogP contribution in [0.2, 0.25) is 0 Å². The highest BCUT2D eigenvalue weighted by Gasteiger charge is 2.54. The van der Waals surface area contributed by atoms with E-state index in [1.54, 1.807) is 66.6 Å². The summed E-state index contributed by atoms with van der Waals surface area (Å²) in [6.45, 7) is 7.17. The summed E-state index contributed by atoms with van der Waals surface area (Å²) in [5.41, 5.74) is 11.8. The number of rotatable bonds is 27. The first-order valence-corrected chi connectivity index (χ1v) is 51.9. The SMILES string of the molecule is CNC(=O)CCOC1CCCC/[N+]1=c1/ccc2c(-c3ccccc3C(=O)[O-])c3ccc(N4CCCCC4CCOC(=O)NC)cc3oc-2c1.CNC(=O)OCCC1CCCCN1c1ccc2c(-c3ccccc3C(=O)O)c3ccc(=[N+]4CCCCC4CCOC(=O)NC)cc-3oc2c1.CNC(=O)OCCC1CCCCN1c1ccc2c(c1)Oc1cc(N3CCCCC3CCOC(=O)NC)ccc1C21OC(=O)c2ccccc21. The van der Waals surface area contributed by atoms with Crippen molar-refractivity contribution in [1.29, 1.82) is 0 Å². The molecule has 0 radical (unpaired) electrons. The van der Waals surface area contributed by atoms with Gasteiger partial charge in [0.15, 0.2) is 11.6 Å². The van der Waals surface area contributed by atoms with E-state index in [-0.39, 0.29) is 59.4 Å². The third-order valence-corrected chi connectivity index (χ3v) is 29.8. The highest BCUT2D eigenvalue weighted by atomic mass is 16.6. The van der Waals surface area contributed by atoms with Crippen LogP contribution in [-0.2, 0) is 43.6 Å². The quantitative estimate of drug-likeness (QED) is 0.0109. The molecule has 7 N–H and O–H groups in total. The van der Waals surface area contributed by atoms with Crippen molar-refractivity contribution < 1.29 is 100 Å². The van der Waals surface area contributed by atoms with Crippen molar-refractivity contribution in [2.45, 2.75) is 196 Å². The number of hydrogen-bond acceptors (Lipinski definition) is 24. The van der Waals surface area contributed by atoms with E-state index in [9.17, 15) is 53.4 Å². The summed E-state index contributed by atoms with van der Waals surface area (Å²) < 4.78 is 64.1. The molecule has 2 aliphatic carbocycles. The van der Waals surface area contributed by atoms with Crippen molar-refractivity contribution in [3.8, 4) is 56.4 Å². The van der Waals surface area contributed by atoms with E-state index in [0.717, 1.165) is 251 Å². The molecule has 6 fully saturated rings. The highest BCUT2D eigenvalue weighted by molar-refractivity contribution is 6.09. The van der Waals surface area contributed by atoms with E-state index in [1.165, 1.54) is 0 Å². The summed E-state index contributed by atoms with van der Waals surface area (Å²) in [7, 11) is 9.40. The van der Waals surface area contributed by atoms with Crippen LogP contribution >= 0.6 is 0 Å². The Morgan fingerprint density at radius 2 is 0.789 bits per heavy atom. The first-order chi connectivity index (χ1) is 71.7. The molecule has 147 heavy (non-hydrogen) atoms. The number of carboxylic acids is 2. The van der Waals surface area contributed by atoms with Crippen molar-refractivity contribution in [2.24, 2.45) is 0 Å². The van der Waals surface area contributed by atoms with Crippen molar-refractivity contribution in [3.05, 3.63) is 226 Å². The summed E-state index contributed by atoms with van der Waals surface area (Å²) >= 11 is 0. The van der Waals surface area contributed by atoms with E-state index >= 15 is 0 Å². The molecule has 6 atom stereocenters. The normalized spacial score (nSPS) is 20.1. The molecule has 33 heteroatoms. The number of esters is 1. The van der Waals surface area contributed by atoms with E-state index in [1.807, 2.05) is 103 Å². The number of carbonyl (C=O) groups excluding carboxylic acids is 8. The van der Waals surface area contributed by atoms with Gasteiger partial charge in [-0.2, -0.15) is 0 Å². The Morgan fingerprint density at radius 1 is 0.395 bits per heavy atom. The molecular weight excluding hydrogens is 1870 g/mol. The van der Waals surface area contributed by atoms with Gasteiger partial charge in [-0.3, -0.25) is 4.79 Å². The zero-order valence-electron chi connectivity index (χ0n) is 84.5. The number of hydrogen-bond donors (Lipinski definition) is 7. The van der Waals surface area contributed by atoms with Crippen LogP contribution in [0.15, 0.2) is 191 Å². The van der Waals surface area contributed by atoms with E-state index in [0.29, 0.717) is 116 Å². The van der Waals surface area contributed by atoms with Crippen molar-refractivity contribution in [3.63, 3.8) is 0 Å². The average Bonchev–Trinajstić information content (AvgIpc) is 1.57. The third-order valence-electron chi connectivity index (χ3n) is 29.8. The highest BCUT2D eigenvalue weighted by Crippen LogP contribution is 2.58. The van der Waals surface area contributed by atoms with Crippen molar-refractivity contribution >= 4 is 99.0 Å². The van der Waals surface area contributed by atoms with Gasteiger partial charge in [0.1, 0.15) is 47.3 Å². The number of nitrogens with one attached hydrogen (secondary N) is 6. The number of aromatic carboxylic acids is 2. The van der Waals surface area contributed by atoms with E-state index < -0.39 is 48.0 Å². The van der Waals surface area contributed by atoms with Crippen LogP contribution in [0.5, 0.6) is 11.5 Å². The Balaban J connectivity index is 0.000000151. The molecule has 0 saturated carbocycles. The van der Waals surface area contributed by atoms with Crippen molar-refractivity contribution in [1.82, 2.24) is 41.1 Å². The van der Waals surface area contributed by atoms with Gasteiger partial charge in [0, 0.05) is 265 Å². The summed E-state index contributed by atoms with van der Waals surface area (Å²) in [5.74, 6) is -0.0787. The van der Waals surface area contributed by atoms with Crippen molar-refractivity contribution in [2.75, 3.05) is 141 Å². The molecule has 19 rings (SSSR count). The molecule has 6 amide bonds. The number of nitrogens with zero attached hydrogens (tertiary/aromatic N) is 6. The molecule has 0 aromatic heterocycles. The van der Waals surface area contributed by atoms with Gasteiger partial charge >= 0.3 is 42.4 Å². The first kappa shape index (κ1) is 104. The maximum atomic E-state index is 13.5. The first-order valence-electron chi connectivity index (χ1n) is 51.9. The number of carbonyl (C=O) groups is 9. The summed E-state index contributed by atoms with van der Waals surface area (Å²) in [4.78, 5) is 118. The second-order valence-corrected chi connectivity index (χ2v) is 38.5. The molecule has 10 aliphatic heterocycles. The molecule has 6 unspecified atom stereocenters. The minimum Gasteiger partial charge on any atom is -0.545 e. The number of amides is 6. The van der Waals surface area contributed by atoms with E-state index in [4.69, 9.17) is 46.7 Å². The van der Waals surface area contributed by atoms with Gasteiger partial charge in [0.2, 0.25) is 16.6 Å². The molecule has 774 valence electrons. The lowest BCUT2D eigenvalue weighted by Gasteiger charge is -2.41. The number of piperidine rings is 6. The summed E-state index contributed by atoms with van der Waals surface area (Å²) in [6, 6.07) is 59.6. The van der Waals surface area contributed by atoms with Crippen LogP contribution in [0.3, 0.4) is 0 Å². The summed E-state index contributed by atoms with van der Waals surface area (Å²) in [6.07, 6.45) is 20.3. The van der Waals surface area contributed by atoms with Crippen LogP contribution in [-0.4, -0.2) is 217 Å². The fourth-order valence-electron chi connectivity index (χ4n) is 22.6. The molecular formula is C114H133N12O21+. The Labute approximate surface area is 854 Å². The lowest BCUT2D eigenvalue weighted by molar-refractivity contribution is -0.255. The van der Waals surface area contributed by atoms with E-state index in [2.05, 4.69) is 115 Å². The molecule has 7 aromatic carbocycles. The zero-order chi connectivity index (χ0) is 103. The maximum Gasteiger partial charge on any atom is 0.406 e. The van der Waals surface area contributed by atoms with Gasteiger partial charge in [-0.05, 0) is 174 Å². The fourth-order valence-corrected chi connectivity index (χ4v) is 22.6. The largest absolute Gasteiger partial charge is 0.545 e. The Bertz CT molecular complexity index is 6360. The Kier molecular flexibility index (Phi) is 34.1. The minimum atomic E-state index is -1.24. The van der Waals surface area contributed by atoms with Crippen LogP contribution in [0.1, 0.15) is 202 Å². The topological polar surface area (TPSA) is 388 Å². The second kappa shape index (κ2) is 48.4. The predicted molar refractivity (Wildman–Crippen MR) is 558 cm³/mol. The number of carboxylic acid groups (broad SMARTS) is 2. The van der Waals surface area contributed by atoms with Gasteiger partial charge in [0.05, 0.1) is 75.3 Å². The molecule has 10 heterocycles. The van der Waals surface area contributed by atoms with Crippen LogP contribution in [0.4, 0.5) is 46.7 Å².